The van der Waals surface area contributed by atoms with E-state index < -0.39 is 0 Å². The minimum Gasteiger partial charge on any atom is -0.399 e. The maximum atomic E-state index is 13.0. The van der Waals surface area contributed by atoms with Gasteiger partial charge in [-0.05, 0) is 48.9 Å². The van der Waals surface area contributed by atoms with Gasteiger partial charge >= 0.3 is 0 Å². The molecule has 0 unspecified atom stereocenters. The highest BCUT2D eigenvalue weighted by atomic mass is 35.5. The van der Waals surface area contributed by atoms with E-state index in [0.717, 1.165) is 6.42 Å². The van der Waals surface area contributed by atoms with Crippen molar-refractivity contribution in [2.24, 2.45) is 0 Å². The van der Waals surface area contributed by atoms with Crippen LogP contribution in [0.1, 0.15) is 23.7 Å². The van der Waals surface area contributed by atoms with Gasteiger partial charge in [0.05, 0.1) is 10.6 Å². The van der Waals surface area contributed by atoms with Crippen LogP contribution in [-0.2, 0) is 0 Å². The van der Waals surface area contributed by atoms with Crippen LogP contribution in [0.5, 0.6) is 0 Å². The molecule has 2 aromatic rings. The number of anilines is 2. The molecule has 0 aliphatic carbocycles. The molecular formula is C16H16ClFN2O. The van der Waals surface area contributed by atoms with E-state index in [1.54, 1.807) is 35.2 Å². The molecule has 3 nitrogen and oxygen atoms in total. The predicted octanol–water partition coefficient (Wildman–Crippen LogP) is 4.12. The molecule has 0 bridgehead atoms. The number of nitrogen functional groups attached to an aromatic ring is 1. The van der Waals surface area contributed by atoms with Gasteiger partial charge in [-0.3, -0.25) is 4.79 Å². The Labute approximate surface area is 128 Å². The van der Waals surface area contributed by atoms with Crippen molar-refractivity contribution in [3.05, 3.63) is 58.9 Å². The van der Waals surface area contributed by atoms with Crippen molar-refractivity contribution < 1.29 is 9.18 Å². The van der Waals surface area contributed by atoms with Crippen molar-refractivity contribution in [1.82, 2.24) is 0 Å². The van der Waals surface area contributed by atoms with Crippen LogP contribution in [0.2, 0.25) is 5.02 Å². The second kappa shape index (κ2) is 6.59. The van der Waals surface area contributed by atoms with Crippen molar-refractivity contribution in [1.29, 1.82) is 0 Å². The summed E-state index contributed by atoms with van der Waals surface area (Å²) >= 11 is 6.08. The maximum absolute atomic E-state index is 13.0. The largest absolute Gasteiger partial charge is 0.399 e. The Balaban J connectivity index is 2.39. The van der Waals surface area contributed by atoms with E-state index in [2.05, 4.69) is 0 Å². The summed E-state index contributed by atoms with van der Waals surface area (Å²) in [5, 5.41) is 0.345. The third kappa shape index (κ3) is 3.52. The van der Waals surface area contributed by atoms with Crippen molar-refractivity contribution in [3.63, 3.8) is 0 Å². The Kier molecular flexibility index (Phi) is 4.81. The van der Waals surface area contributed by atoms with Crippen molar-refractivity contribution in [2.75, 3.05) is 17.2 Å². The highest BCUT2D eigenvalue weighted by Crippen LogP contribution is 2.24. The molecule has 5 heteroatoms. The molecule has 110 valence electrons. The first-order valence-corrected chi connectivity index (χ1v) is 7.03. The minimum absolute atomic E-state index is 0.249. The summed E-state index contributed by atoms with van der Waals surface area (Å²) in [6.45, 7) is 2.47. The molecule has 2 aromatic carbocycles. The fourth-order valence-corrected chi connectivity index (χ4v) is 2.24. The normalized spacial score (nSPS) is 10.4. The molecule has 0 atom stereocenters. The highest BCUT2D eigenvalue weighted by molar-refractivity contribution is 6.34. The predicted molar refractivity (Wildman–Crippen MR) is 84.2 cm³/mol. The van der Waals surface area contributed by atoms with Gasteiger partial charge in [0.15, 0.2) is 0 Å². The van der Waals surface area contributed by atoms with Gasteiger partial charge in [0.25, 0.3) is 5.91 Å². The summed E-state index contributed by atoms with van der Waals surface area (Å²) in [6, 6.07) is 10.6. The lowest BCUT2D eigenvalue weighted by molar-refractivity contribution is 0.0987. The molecule has 2 N–H and O–H groups in total. The van der Waals surface area contributed by atoms with Gasteiger partial charge < -0.3 is 10.6 Å². The number of carbonyl (C=O) groups excluding carboxylic acids is 1. The summed E-state index contributed by atoms with van der Waals surface area (Å²) < 4.78 is 13.0. The second-order valence-electron chi connectivity index (χ2n) is 4.67. The van der Waals surface area contributed by atoms with Gasteiger partial charge in [0, 0.05) is 17.9 Å². The van der Waals surface area contributed by atoms with Crippen LogP contribution in [0.4, 0.5) is 15.8 Å². The summed E-state index contributed by atoms with van der Waals surface area (Å²) in [5.74, 6) is -0.592. The molecule has 0 aliphatic rings. The molecule has 0 spiro atoms. The minimum atomic E-state index is -0.343. The fraction of sp³-hybridized carbons (Fsp3) is 0.188. The molecule has 0 saturated carbocycles. The van der Waals surface area contributed by atoms with E-state index in [4.69, 9.17) is 17.3 Å². The quantitative estimate of drug-likeness (QED) is 0.864. The summed E-state index contributed by atoms with van der Waals surface area (Å²) in [5.41, 5.74) is 7.16. The van der Waals surface area contributed by atoms with Crippen LogP contribution in [0.3, 0.4) is 0 Å². The number of carbonyl (C=O) groups is 1. The molecular weight excluding hydrogens is 291 g/mol. The number of halogens is 2. The first-order valence-electron chi connectivity index (χ1n) is 6.65. The topological polar surface area (TPSA) is 46.3 Å². The lowest BCUT2D eigenvalue weighted by Gasteiger charge is -2.23. The molecule has 2 rings (SSSR count). The first kappa shape index (κ1) is 15.3. The van der Waals surface area contributed by atoms with Crippen LogP contribution < -0.4 is 10.6 Å². The zero-order valence-corrected chi connectivity index (χ0v) is 12.4. The summed E-state index contributed by atoms with van der Waals surface area (Å²) in [4.78, 5) is 14.3. The lowest BCUT2D eigenvalue weighted by Crippen LogP contribution is -2.32. The van der Waals surface area contributed by atoms with Crippen LogP contribution in [0, 0.1) is 5.82 Å². The summed E-state index contributed by atoms with van der Waals surface area (Å²) in [6.07, 6.45) is 0.767. The van der Waals surface area contributed by atoms with Crippen LogP contribution in [0.15, 0.2) is 42.5 Å². The Bertz CT molecular complexity index is 643. The third-order valence-corrected chi connectivity index (χ3v) is 3.38. The molecule has 0 aromatic heterocycles. The zero-order chi connectivity index (χ0) is 15.4. The molecule has 0 aliphatic heterocycles. The number of nitrogens with two attached hydrogens (primary N) is 1. The number of amides is 1. The number of nitrogens with zero attached hydrogens (tertiary/aromatic N) is 1. The average Bonchev–Trinajstić information content (AvgIpc) is 2.48. The lowest BCUT2D eigenvalue weighted by atomic mass is 10.1. The van der Waals surface area contributed by atoms with Crippen molar-refractivity contribution in [3.8, 4) is 0 Å². The molecule has 1 amide bonds. The summed E-state index contributed by atoms with van der Waals surface area (Å²) in [7, 11) is 0. The van der Waals surface area contributed by atoms with E-state index >= 15 is 0 Å². The number of rotatable bonds is 4. The number of benzene rings is 2. The fourth-order valence-electron chi connectivity index (χ4n) is 2.04. The van der Waals surface area contributed by atoms with Gasteiger partial charge in [0.2, 0.25) is 0 Å². The SMILES string of the molecule is CCCN(C(=O)c1cc(N)ccc1Cl)c1ccc(F)cc1. The van der Waals surface area contributed by atoms with E-state index in [1.807, 2.05) is 6.92 Å². The molecule has 21 heavy (non-hydrogen) atoms. The third-order valence-electron chi connectivity index (χ3n) is 3.05. The van der Waals surface area contributed by atoms with Gasteiger partial charge in [-0.25, -0.2) is 4.39 Å². The Morgan fingerprint density at radius 2 is 1.90 bits per heavy atom. The monoisotopic (exact) mass is 306 g/mol. The van der Waals surface area contributed by atoms with E-state index in [1.165, 1.54) is 12.1 Å². The molecule has 0 heterocycles. The molecule has 0 radical (unpaired) electrons. The van der Waals surface area contributed by atoms with E-state index in [-0.39, 0.29) is 11.7 Å². The number of hydrogen-bond acceptors (Lipinski definition) is 2. The van der Waals surface area contributed by atoms with Gasteiger partial charge in [0.1, 0.15) is 5.82 Å². The van der Waals surface area contributed by atoms with Crippen LogP contribution in [-0.4, -0.2) is 12.5 Å². The van der Waals surface area contributed by atoms with Gasteiger partial charge in [-0.2, -0.15) is 0 Å². The molecule has 0 saturated heterocycles. The smallest absolute Gasteiger partial charge is 0.259 e. The van der Waals surface area contributed by atoms with E-state index in [9.17, 15) is 9.18 Å². The Hall–Kier alpha value is -2.07. The van der Waals surface area contributed by atoms with Gasteiger partial charge in [-0.1, -0.05) is 18.5 Å². The van der Waals surface area contributed by atoms with E-state index in [0.29, 0.717) is 28.5 Å². The van der Waals surface area contributed by atoms with Crippen LogP contribution in [0.25, 0.3) is 0 Å². The van der Waals surface area contributed by atoms with Crippen molar-refractivity contribution >= 4 is 28.9 Å². The highest BCUT2D eigenvalue weighted by Gasteiger charge is 2.19. The standard InChI is InChI=1S/C16H16ClFN2O/c1-2-9-20(13-6-3-11(18)4-7-13)16(21)14-10-12(19)5-8-15(14)17/h3-8,10H,2,9,19H2,1H3. The molecule has 0 fully saturated rings. The first-order chi connectivity index (χ1) is 10.0. The average molecular weight is 307 g/mol. The zero-order valence-electron chi connectivity index (χ0n) is 11.6. The van der Waals surface area contributed by atoms with Gasteiger partial charge in [-0.15, -0.1) is 0 Å². The second-order valence-corrected chi connectivity index (χ2v) is 5.08. The van der Waals surface area contributed by atoms with Crippen LogP contribution >= 0.6 is 11.6 Å². The maximum Gasteiger partial charge on any atom is 0.259 e. The Morgan fingerprint density at radius 3 is 2.52 bits per heavy atom. The Morgan fingerprint density at radius 1 is 1.24 bits per heavy atom. The van der Waals surface area contributed by atoms with Crippen molar-refractivity contribution in [2.45, 2.75) is 13.3 Å². The number of hydrogen-bond donors (Lipinski definition) is 1.